The fourth-order valence-corrected chi connectivity index (χ4v) is 5.31. The zero-order chi connectivity index (χ0) is 24.1. The van der Waals surface area contributed by atoms with Gasteiger partial charge in [-0.25, -0.2) is 13.2 Å². The number of sulfonamides is 1. The normalized spacial score (nSPS) is 15.1. The number of carbonyl (C=O) groups is 2. The molecule has 0 aliphatic heterocycles. The maximum atomic E-state index is 13.0. The van der Waals surface area contributed by atoms with Crippen LogP contribution in [0.25, 0.3) is 0 Å². The molecule has 7 nitrogen and oxygen atoms in total. The van der Waals surface area contributed by atoms with E-state index in [9.17, 15) is 18.0 Å². The van der Waals surface area contributed by atoms with Gasteiger partial charge in [-0.15, -0.1) is 0 Å². The highest BCUT2D eigenvalue weighted by atomic mass is 32.2. The summed E-state index contributed by atoms with van der Waals surface area (Å²) in [4.78, 5) is 24.9. The Balaban J connectivity index is 1.40. The zero-order valence-electron chi connectivity index (χ0n) is 18.8. The molecule has 0 fully saturated rings. The average Bonchev–Trinajstić information content (AvgIpc) is 2.87. The molecule has 0 saturated carbocycles. The quantitative estimate of drug-likeness (QED) is 0.521. The second-order valence-corrected chi connectivity index (χ2v) is 10.1. The lowest BCUT2D eigenvalue weighted by Gasteiger charge is -2.26. The highest BCUT2D eigenvalue weighted by Gasteiger charge is 2.24. The zero-order valence-corrected chi connectivity index (χ0v) is 19.6. The maximum Gasteiger partial charge on any atom is 0.338 e. The van der Waals surface area contributed by atoms with Crippen molar-refractivity contribution in [1.82, 2.24) is 5.32 Å². The maximum absolute atomic E-state index is 13.0. The molecule has 0 aromatic heterocycles. The van der Waals surface area contributed by atoms with E-state index in [0.717, 1.165) is 29.1 Å². The minimum atomic E-state index is -3.88. The molecule has 34 heavy (non-hydrogen) atoms. The Hall–Kier alpha value is -3.65. The van der Waals surface area contributed by atoms with Gasteiger partial charge in [-0.1, -0.05) is 48.5 Å². The van der Waals surface area contributed by atoms with E-state index < -0.39 is 28.5 Å². The van der Waals surface area contributed by atoms with E-state index in [4.69, 9.17) is 4.74 Å². The summed E-state index contributed by atoms with van der Waals surface area (Å²) in [6, 6.07) is 22.1. The Labute approximate surface area is 199 Å². The van der Waals surface area contributed by atoms with E-state index in [0.29, 0.717) is 5.69 Å². The van der Waals surface area contributed by atoms with E-state index >= 15 is 0 Å². The van der Waals surface area contributed by atoms with Crippen LogP contribution < -0.4 is 9.62 Å². The second-order valence-electron chi connectivity index (χ2n) is 8.12. The summed E-state index contributed by atoms with van der Waals surface area (Å²) < 4.78 is 32.3. The van der Waals surface area contributed by atoms with Crippen LogP contribution in [0.15, 0.2) is 83.8 Å². The molecule has 1 aliphatic rings. The minimum Gasteiger partial charge on any atom is -0.452 e. The van der Waals surface area contributed by atoms with Gasteiger partial charge in [0.2, 0.25) is 0 Å². The molecule has 4 rings (SSSR count). The third kappa shape index (κ3) is 5.12. The third-order valence-electron chi connectivity index (χ3n) is 5.89. The first-order chi connectivity index (χ1) is 16.4. The van der Waals surface area contributed by atoms with Gasteiger partial charge in [0.1, 0.15) is 0 Å². The second kappa shape index (κ2) is 10.1. The van der Waals surface area contributed by atoms with Crippen LogP contribution >= 0.6 is 0 Å². The van der Waals surface area contributed by atoms with Crippen LogP contribution in [0, 0.1) is 0 Å². The lowest BCUT2D eigenvalue weighted by atomic mass is 9.88. The molecule has 3 aromatic carbocycles. The van der Waals surface area contributed by atoms with Gasteiger partial charge in [0.15, 0.2) is 6.61 Å². The number of nitrogens with one attached hydrogen (secondary N) is 1. The van der Waals surface area contributed by atoms with Gasteiger partial charge in [-0.2, -0.15) is 0 Å². The summed E-state index contributed by atoms with van der Waals surface area (Å²) in [5.41, 5.74) is 2.86. The van der Waals surface area contributed by atoms with Crippen LogP contribution in [-0.2, 0) is 26.0 Å². The number of aryl methyl sites for hydroxylation is 1. The Bertz CT molecular complexity index is 1290. The standard InChI is InChI=1S/C26H26N2O5S/c1-28(21-12-3-2-4-13-21)34(31,32)22-14-7-11-20(17-22)26(30)33-18-25(29)27-24-16-8-10-19-9-5-6-15-23(19)24/h2-7,9,11-15,17,24H,8,10,16,18H2,1H3,(H,27,29). The minimum absolute atomic E-state index is 0.0448. The van der Waals surface area contributed by atoms with Gasteiger partial charge in [0.05, 0.1) is 22.2 Å². The molecule has 0 bridgehead atoms. The van der Waals surface area contributed by atoms with E-state index in [1.807, 2.05) is 18.2 Å². The van der Waals surface area contributed by atoms with Gasteiger partial charge in [-0.3, -0.25) is 9.10 Å². The van der Waals surface area contributed by atoms with Gasteiger partial charge < -0.3 is 10.1 Å². The van der Waals surface area contributed by atoms with Crippen molar-refractivity contribution in [3.8, 4) is 0 Å². The summed E-state index contributed by atoms with van der Waals surface area (Å²) >= 11 is 0. The van der Waals surface area contributed by atoms with Crippen molar-refractivity contribution in [3.05, 3.63) is 95.6 Å². The number of ether oxygens (including phenoxy) is 1. The largest absolute Gasteiger partial charge is 0.452 e. The third-order valence-corrected chi connectivity index (χ3v) is 7.67. The average molecular weight is 479 g/mol. The van der Waals surface area contributed by atoms with Crippen LogP contribution in [0.4, 0.5) is 5.69 Å². The number of hydrogen-bond donors (Lipinski definition) is 1. The van der Waals surface area contributed by atoms with Crippen LogP contribution in [0.2, 0.25) is 0 Å². The predicted molar refractivity (Wildman–Crippen MR) is 129 cm³/mol. The van der Waals surface area contributed by atoms with Crippen LogP contribution in [0.3, 0.4) is 0 Å². The summed E-state index contributed by atoms with van der Waals surface area (Å²) in [5.74, 6) is -1.17. The summed E-state index contributed by atoms with van der Waals surface area (Å²) in [7, 11) is -2.43. The number of esters is 1. The molecule has 1 aliphatic carbocycles. The number of fused-ring (bicyclic) bond motifs is 1. The molecule has 1 unspecified atom stereocenters. The molecule has 1 atom stereocenters. The fraction of sp³-hybridized carbons (Fsp3) is 0.231. The van der Waals surface area contributed by atoms with E-state index in [-0.39, 0.29) is 16.5 Å². The number of hydrogen-bond acceptors (Lipinski definition) is 5. The number of nitrogens with zero attached hydrogens (tertiary/aromatic N) is 1. The Kier molecular flexibility index (Phi) is 6.98. The van der Waals surface area contributed by atoms with Gasteiger partial charge >= 0.3 is 5.97 Å². The number of benzene rings is 3. The molecule has 3 aromatic rings. The number of para-hydroxylation sites is 1. The Morgan fingerprint density at radius 2 is 1.74 bits per heavy atom. The summed E-state index contributed by atoms with van der Waals surface area (Å²) in [6.07, 6.45) is 2.78. The molecule has 1 N–H and O–H groups in total. The smallest absolute Gasteiger partial charge is 0.338 e. The van der Waals surface area contributed by atoms with Crippen molar-refractivity contribution in [3.63, 3.8) is 0 Å². The Morgan fingerprint density at radius 1 is 1.00 bits per heavy atom. The monoisotopic (exact) mass is 478 g/mol. The number of anilines is 1. The van der Waals surface area contributed by atoms with Crippen molar-refractivity contribution < 1.29 is 22.7 Å². The van der Waals surface area contributed by atoms with Crippen molar-refractivity contribution in [2.45, 2.75) is 30.2 Å². The van der Waals surface area contributed by atoms with Gasteiger partial charge in [-0.05, 0) is 60.7 Å². The van der Waals surface area contributed by atoms with Crippen LogP contribution in [0.1, 0.15) is 40.4 Å². The van der Waals surface area contributed by atoms with E-state index in [1.54, 1.807) is 30.3 Å². The van der Waals surface area contributed by atoms with E-state index in [2.05, 4.69) is 11.4 Å². The number of carbonyl (C=O) groups excluding carboxylic acids is 2. The lowest BCUT2D eigenvalue weighted by molar-refractivity contribution is -0.125. The van der Waals surface area contributed by atoms with Crippen molar-refractivity contribution >= 4 is 27.6 Å². The van der Waals surface area contributed by atoms with Crippen molar-refractivity contribution in [2.24, 2.45) is 0 Å². The van der Waals surface area contributed by atoms with Crippen LogP contribution in [0.5, 0.6) is 0 Å². The van der Waals surface area contributed by atoms with Gasteiger partial charge in [0, 0.05) is 7.05 Å². The van der Waals surface area contributed by atoms with Crippen molar-refractivity contribution in [2.75, 3.05) is 18.0 Å². The molecule has 0 spiro atoms. The number of amides is 1. The summed E-state index contributed by atoms with van der Waals surface area (Å²) in [5, 5.41) is 2.93. The number of rotatable bonds is 7. The molecule has 1 amide bonds. The van der Waals surface area contributed by atoms with E-state index in [1.165, 1.54) is 36.9 Å². The molecule has 8 heteroatoms. The SMILES string of the molecule is CN(c1ccccc1)S(=O)(=O)c1cccc(C(=O)OCC(=O)NC2CCCc3ccccc32)c1. The molecule has 0 radical (unpaired) electrons. The Morgan fingerprint density at radius 3 is 2.53 bits per heavy atom. The molecule has 0 saturated heterocycles. The molecule has 176 valence electrons. The topological polar surface area (TPSA) is 92.8 Å². The highest BCUT2D eigenvalue weighted by molar-refractivity contribution is 7.92. The highest BCUT2D eigenvalue weighted by Crippen LogP contribution is 2.29. The first kappa shape index (κ1) is 23.5. The predicted octanol–water partition coefficient (Wildman–Crippen LogP) is 3.86. The first-order valence-corrected chi connectivity index (χ1v) is 12.5. The molecule has 0 heterocycles. The first-order valence-electron chi connectivity index (χ1n) is 11.0. The van der Waals surface area contributed by atoms with Crippen LogP contribution in [-0.4, -0.2) is 33.9 Å². The fourth-order valence-electron chi connectivity index (χ4n) is 4.07. The van der Waals surface area contributed by atoms with Crippen molar-refractivity contribution in [1.29, 1.82) is 0 Å². The molecular formula is C26H26N2O5S. The summed E-state index contributed by atoms with van der Waals surface area (Å²) in [6.45, 7) is -0.446. The van der Waals surface area contributed by atoms with Gasteiger partial charge in [0.25, 0.3) is 15.9 Å². The lowest BCUT2D eigenvalue weighted by Crippen LogP contribution is -2.34. The molecular weight excluding hydrogens is 452 g/mol.